The summed E-state index contributed by atoms with van der Waals surface area (Å²) in [4.78, 5) is 47.9. The van der Waals surface area contributed by atoms with Gasteiger partial charge in [0.15, 0.2) is 0 Å². The van der Waals surface area contributed by atoms with Crippen LogP contribution in [0, 0.1) is 0 Å². The Labute approximate surface area is 200 Å². The maximum absolute atomic E-state index is 12.2. The van der Waals surface area contributed by atoms with Crippen molar-refractivity contribution >= 4 is 46.4 Å². The van der Waals surface area contributed by atoms with Crippen LogP contribution in [0.5, 0.6) is 0 Å². The van der Waals surface area contributed by atoms with Gasteiger partial charge in [0.1, 0.15) is 0 Å². The summed E-state index contributed by atoms with van der Waals surface area (Å²) in [6, 6.07) is 14.1. The van der Waals surface area contributed by atoms with Crippen LogP contribution in [0.3, 0.4) is 0 Å². The summed E-state index contributed by atoms with van der Waals surface area (Å²) >= 11 is 0. The lowest BCUT2D eigenvalue weighted by molar-refractivity contribution is -0.118. The predicted molar refractivity (Wildman–Crippen MR) is 136 cm³/mol. The molecule has 0 unspecified atom stereocenters. The summed E-state index contributed by atoms with van der Waals surface area (Å²) in [5.41, 5.74) is 2.51. The van der Waals surface area contributed by atoms with Crippen LogP contribution in [0.4, 0.5) is 22.7 Å². The molecule has 2 aromatic carbocycles. The van der Waals surface area contributed by atoms with E-state index in [1.165, 1.54) is 0 Å². The van der Waals surface area contributed by atoms with Gasteiger partial charge in [-0.05, 0) is 62.1 Å². The maximum Gasteiger partial charge on any atom is 0.224 e. The van der Waals surface area contributed by atoms with Gasteiger partial charge in [0.2, 0.25) is 23.6 Å². The van der Waals surface area contributed by atoms with E-state index >= 15 is 0 Å². The smallest absolute Gasteiger partial charge is 0.224 e. The molecule has 182 valence electrons. The molecule has 0 aliphatic heterocycles. The van der Waals surface area contributed by atoms with E-state index in [4.69, 9.17) is 0 Å². The highest BCUT2D eigenvalue weighted by molar-refractivity contribution is 5.95. The summed E-state index contributed by atoms with van der Waals surface area (Å²) in [5.74, 6) is -0.407. The van der Waals surface area contributed by atoms with E-state index in [0.717, 1.165) is 12.8 Å². The molecule has 4 N–H and O–H groups in total. The molecule has 0 bridgehead atoms. The van der Waals surface area contributed by atoms with Gasteiger partial charge in [0.25, 0.3) is 0 Å². The van der Waals surface area contributed by atoms with Crippen molar-refractivity contribution in [2.75, 3.05) is 21.3 Å². The Morgan fingerprint density at radius 2 is 0.824 bits per heavy atom. The quantitative estimate of drug-likeness (QED) is 0.300. The van der Waals surface area contributed by atoms with Crippen LogP contribution in [-0.4, -0.2) is 23.6 Å². The van der Waals surface area contributed by atoms with Gasteiger partial charge in [-0.3, -0.25) is 19.2 Å². The van der Waals surface area contributed by atoms with Crippen LogP contribution in [0.15, 0.2) is 48.5 Å². The van der Waals surface area contributed by atoms with E-state index in [0.29, 0.717) is 61.3 Å². The molecule has 0 heterocycles. The number of carbonyl (C=O) groups excluding carboxylic acids is 4. The maximum atomic E-state index is 12.2. The Morgan fingerprint density at radius 1 is 0.529 bits per heavy atom. The van der Waals surface area contributed by atoms with E-state index in [2.05, 4.69) is 21.3 Å². The van der Waals surface area contributed by atoms with Crippen molar-refractivity contribution in [3.8, 4) is 0 Å². The van der Waals surface area contributed by atoms with Crippen molar-refractivity contribution in [1.29, 1.82) is 0 Å². The third-order valence-corrected chi connectivity index (χ3v) is 4.87. The van der Waals surface area contributed by atoms with Gasteiger partial charge in [0.05, 0.1) is 0 Å². The van der Waals surface area contributed by atoms with E-state index < -0.39 is 0 Å². The molecule has 4 amide bonds. The topological polar surface area (TPSA) is 116 Å². The first-order chi connectivity index (χ1) is 16.4. The number of hydrogen-bond acceptors (Lipinski definition) is 4. The third-order valence-electron chi connectivity index (χ3n) is 4.87. The summed E-state index contributed by atoms with van der Waals surface area (Å²) in [6.45, 7) is 3.88. The Bertz CT molecular complexity index is 911. The number of benzene rings is 2. The molecule has 0 saturated carbocycles. The largest absolute Gasteiger partial charge is 0.326 e. The summed E-state index contributed by atoms with van der Waals surface area (Å²) < 4.78 is 0. The Hall–Kier alpha value is -3.68. The zero-order chi connectivity index (χ0) is 24.8. The molecule has 34 heavy (non-hydrogen) atoms. The minimum atomic E-state index is -0.145. The molecular formula is C26H34N4O4. The van der Waals surface area contributed by atoms with Gasteiger partial charge in [-0.25, -0.2) is 0 Å². The number of unbranched alkanes of at least 4 members (excludes halogenated alkanes) is 1. The fourth-order valence-corrected chi connectivity index (χ4v) is 3.27. The zero-order valence-electron chi connectivity index (χ0n) is 19.9. The predicted octanol–water partition coefficient (Wildman–Crippen LogP) is 5.30. The summed E-state index contributed by atoms with van der Waals surface area (Å²) in [5, 5.41) is 11.3. The fraction of sp³-hybridized carbons (Fsp3) is 0.385. The average molecular weight is 467 g/mol. The third kappa shape index (κ3) is 10.3. The van der Waals surface area contributed by atoms with Crippen LogP contribution in [-0.2, 0) is 19.2 Å². The van der Waals surface area contributed by atoms with Gasteiger partial charge in [-0.1, -0.05) is 26.0 Å². The van der Waals surface area contributed by atoms with Crippen LogP contribution in [0.2, 0.25) is 0 Å². The van der Waals surface area contributed by atoms with Crippen LogP contribution in [0.25, 0.3) is 0 Å². The highest BCUT2D eigenvalue weighted by Crippen LogP contribution is 2.18. The fourth-order valence-electron chi connectivity index (χ4n) is 3.27. The molecule has 2 rings (SSSR count). The zero-order valence-corrected chi connectivity index (χ0v) is 19.9. The SMILES string of the molecule is CCCC(=O)Nc1cccc(NC(=O)CCCCC(=O)Nc2cccc(NC(=O)CCC)c2)c1. The normalized spacial score (nSPS) is 10.3. The minimum Gasteiger partial charge on any atom is -0.326 e. The van der Waals surface area contributed by atoms with Crippen molar-refractivity contribution < 1.29 is 19.2 Å². The number of hydrogen-bond donors (Lipinski definition) is 4. The van der Waals surface area contributed by atoms with Gasteiger partial charge in [-0.15, -0.1) is 0 Å². The average Bonchev–Trinajstić information content (AvgIpc) is 2.77. The van der Waals surface area contributed by atoms with E-state index in [1.54, 1.807) is 48.5 Å². The highest BCUT2D eigenvalue weighted by Gasteiger charge is 2.08. The summed E-state index contributed by atoms with van der Waals surface area (Å²) in [6.07, 6.45) is 4.15. The molecule has 8 heteroatoms. The molecule has 0 aromatic heterocycles. The van der Waals surface area contributed by atoms with Crippen molar-refractivity contribution in [3.05, 3.63) is 48.5 Å². The molecule has 0 atom stereocenters. The Kier molecular flexibility index (Phi) is 11.3. The first kappa shape index (κ1) is 26.6. The molecule has 0 saturated heterocycles. The second-order valence-corrected chi connectivity index (χ2v) is 8.06. The van der Waals surface area contributed by atoms with Gasteiger partial charge < -0.3 is 21.3 Å². The first-order valence-corrected chi connectivity index (χ1v) is 11.8. The van der Waals surface area contributed by atoms with Crippen LogP contribution < -0.4 is 21.3 Å². The van der Waals surface area contributed by atoms with E-state index in [1.807, 2.05) is 13.8 Å². The number of nitrogens with one attached hydrogen (secondary N) is 4. The highest BCUT2D eigenvalue weighted by atomic mass is 16.2. The van der Waals surface area contributed by atoms with Crippen molar-refractivity contribution in [3.63, 3.8) is 0 Å². The van der Waals surface area contributed by atoms with Gasteiger partial charge in [0, 0.05) is 48.4 Å². The molecular weight excluding hydrogens is 432 g/mol. The lowest BCUT2D eigenvalue weighted by atomic mass is 10.1. The van der Waals surface area contributed by atoms with E-state index in [9.17, 15) is 19.2 Å². The van der Waals surface area contributed by atoms with Crippen molar-refractivity contribution in [2.24, 2.45) is 0 Å². The number of amides is 4. The van der Waals surface area contributed by atoms with Crippen LogP contribution in [0.1, 0.15) is 65.2 Å². The van der Waals surface area contributed by atoms with E-state index in [-0.39, 0.29) is 23.6 Å². The molecule has 0 fully saturated rings. The second-order valence-electron chi connectivity index (χ2n) is 8.06. The van der Waals surface area contributed by atoms with Crippen LogP contribution >= 0.6 is 0 Å². The molecule has 8 nitrogen and oxygen atoms in total. The summed E-state index contributed by atoms with van der Waals surface area (Å²) in [7, 11) is 0. The monoisotopic (exact) mass is 466 g/mol. The lowest BCUT2D eigenvalue weighted by Crippen LogP contribution is -2.14. The van der Waals surface area contributed by atoms with Crippen molar-refractivity contribution in [1.82, 2.24) is 0 Å². The number of rotatable bonds is 13. The molecule has 0 aliphatic rings. The van der Waals surface area contributed by atoms with Gasteiger partial charge >= 0.3 is 0 Å². The first-order valence-electron chi connectivity index (χ1n) is 11.8. The molecule has 2 aromatic rings. The Balaban J connectivity index is 1.70. The molecule has 0 aliphatic carbocycles. The molecule has 0 spiro atoms. The number of carbonyl (C=O) groups is 4. The number of anilines is 4. The van der Waals surface area contributed by atoms with Crippen molar-refractivity contribution in [2.45, 2.75) is 65.2 Å². The molecule has 0 radical (unpaired) electrons. The van der Waals surface area contributed by atoms with Gasteiger partial charge in [-0.2, -0.15) is 0 Å². The standard InChI is InChI=1S/C26H34N4O4/c1-3-9-23(31)27-19-11-7-13-21(17-19)29-25(33)15-5-6-16-26(34)30-22-14-8-12-20(18-22)28-24(32)10-4-2/h7-8,11-14,17-18H,3-6,9-10,15-16H2,1-2H3,(H,27,31)(H,28,32)(H,29,33)(H,30,34). The Morgan fingerprint density at radius 3 is 1.12 bits per heavy atom. The minimum absolute atomic E-state index is 0.0581. The lowest BCUT2D eigenvalue weighted by Gasteiger charge is -2.09. The second kappa shape index (κ2) is 14.5.